The molecule has 0 radical (unpaired) electrons. The molecule has 1 unspecified atom stereocenters. The minimum atomic E-state index is -1.71. The first-order valence-corrected chi connectivity index (χ1v) is 10.3. The maximum absolute atomic E-state index is 10.3. The van der Waals surface area contributed by atoms with Crippen molar-refractivity contribution >= 4 is 16.5 Å². The molecule has 1 saturated carbocycles. The van der Waals surface area contributed by atoms with Crippen molar-refractivity contribution in [2.75, 3.05) is 26.7 Å². The van der Waals surface area contributed by atoms with Gasteiger partial charge in [0.2, 0.25) is 0 Å². The van der Waals surface area contributed by atoms with E-state index in [9.17, 15) is 15.8 Å². The average Bonchev–Trinajstić information content (AvgIpc) is 2.82. The molecule has 0 amide bonds. The molecule has 4 rings (SSSR count). The van der Waals surface area contributed by atoms with Gasteiger partial charge in [-0.1, -0.05) is 43.3 Å². The van der Waals surface area contributed by atoms with Gasteiger partial charge < -0.3 is 10.1 Å². The van der Waals surface area contributed by atoms with Gasteiger partial charge >= 0.3 is 0 Å². The van der Waals surface area contributed by atoms with E-state index < -0.39 is 17.3 Å². The van der Waals surface area contributed by atoms with Crippen molar-refractivity contribution in [2.24, 2.45) is 17.3 Å². The first kappa shape index (κ1) is 20.6. The Kier molecular flexibility index (Phi) is 5.24. The van der Waals surface area contributed by atoms with Crippen LogP contribution in [-0.4, -0.2) is 37.4 Å². The van der Waals surface area contributed by atoms with E-state index in [0.717, 1.165) is 28.5 Å². The summed E-state index contributed by atoms with van der Waals surface area (Å²) in [6.07, 6.45) is 2.03. The number of ether oxygens (including phenoxy) is 1. The Balaban J connectivity index is 2.04. The van der Waals surface area contributed by atoms with E-state index in [1.807, 2.05) is 42.5 Å². The molecule has 1 N–H and O–H groups in total. The Morgan fingerprint density at radius 3 is 2.45 bits per heavy atom. The Labute approximate surface area is 182 Å². The molecule has 1 fully saturated rings. The molecule has 2 aromatic carbocycles. The number of methoxy groups -OCH3 is 1. The molecule has 154 valence electrons. The smallest absolute Gasteiger partial charge is 0.189 e. The number of rotatable bonds is 3. The number of hydrogen-bond donors (Lipinski definition) is 1. The van der Waals surface area contributed by atoms with Gasteiger partial charge in [0.15, 0.2) is 5.41 Å². The minimum Gasteiger partial charge on any atom is -0.496 e. The summed E-state index contributed by atoms with van der Waals surface area (Å²) >= 11 is 0. The van der Waals surface area contributed by atoms with Gasteiger partial charge in [0.25, 0.3) is 0 Å². The highest BCUT2D eigenvalue weighted by atomic mass is 16.5. The third kappa shape index (κ3) is 2.90. The van der Waals surface area contributed by atoms with Crippen molar-refractivity contribution in [1.82, 2.24) is 4.90 Å². The number of likely N-dealkylation sites (N-methyl/N-ethyl adjacent to an activating group) is 1. The minimum absolute atomic E-state index is 0.114. The van der Waals surface area contributed by atoms with Crippen LogP contribution in [0.2, 0.25) is 0 Å². The molecule has 0 saturated heterocycles. The summed E-state index contributed by atoms with van der Waals surface area (Å²) in [5.41, 5.74) is -0.119. The molecule has 31 heavy (non-hydrogen) atoms. The molecule has 1 heterocycles. The quantitative estimate of drug-likeness (QED) is 0.771. The lowest BCUT2D eigenvalue weighted by molar-refractivity contribution is 0.212. The number of nitrogens with zero attached hydrogens (tertiary/aromatic N) is 4. The second-order valence-corrected chi connectivity index (χ2v) is 8.05. The lowest BCUT2D eigenvalue weighted by Gasteiger charge is -2.48. The standard InChI is InChI=1S/C25H23N5O/c1-3-30-11-10-17-20(12-26)24(29)25(14-27,15-28)23(21(17)13-30)19-8-9-22(31-2)18-7-5-4-6-16(18)19/h4-10,20-21,23,29H,3,11,13H2,1-2H3/t20?,21-,23+/m0/s1. The van der Waals surface area contributed by atoms with E-state index in [1.165, 1.54) is 0 Å². The summed E-state index contributed by atoms with van der Waals surface area (Å²) in [4.78, 5) is 2.25. The number of hydrogen-bond acceptors (Lipinski definition) is 6. The van der Waals surface area contributed by atoms with Crippen LogP contribution in [0.5, 0.6) is 5.75 Å². The zero-order valence-corrected chi connectivity index (χ0v) is 17.6. The van der Waals surface area contributed by atoms with Gasteiger partial charge in [-0.15, -0.1) is 0 Å². The molecule has 6 nitrogen and oxygen atoms in total. The van der Waals surface area contributed by atoms with E-state index in [0.29, 0.717) is 18.8 Å². The molecule has 2 aliphatic rings. The molecule has 3 atom stereocenters. The van der Waals surface area contributed by atoms with Crippen LogP contribution in [0, 0.1) is 56.7 Å². The third-order valence-electron chi connectivity index (χ3n) is 6.79. The fourth-order valence-electron chi connectivity index (χ4n) is 5.21. The summed E-state index contributed by atoms with van der Waals surface area (Å²) < 4.78 is 5.54. The van der Waals surface area contributed by atoms with Crippen molar-refractivity contribution < 1.29 is 4.74 Å². The van der Waals surface area contributed by atoms with Gasteiger partial charge in [-0.05, 0) is 29.1 Å². The maximum atomic E-state index is 10.3. The second-order valence-electron chi connectivity index (χ2n) is 8.05. The molecular formula is C25H23N5O. The Morgan fingerprint density at radius 1 is 1.13 bits per heavy atom. The first-order chi connectivity index (χ1) is 15.1. The van der Waals surface area contributed by atoms with Crippen molar-refractivity contribution in [3.8, 4) is 24.0 Å². The summed E-state index contributed by atoms with van der Waals surface area (Å²) in [7, 11) is 1.62. The Hall–Kier alpha value is -3.66. The van der Waals surface area contributed by atoms with Crippen molar-refractivity contribution in [3.63, 3.8) is 0 Å². The fraction of sp³-hybridized carbons (Fsp3) is 0.360. The van der Waals surface area contributed by atoms with Crippen LogP contribution in [-0.2, 0) is 0 Å². The molecule has 1 aliphatic carbocycles. The molecular weight excluding hydrogens is 386 g/mol. The fourth-order valence-corrected chi connectivity index (χ4v) is 5.21. The summed E-state index contributed by atoms with van der Waals surface area (Å²) in [6, 6.07) is 18.1. The SMILES string of the molecule is CCN1CC=C2C(C#N)C(=N)C(C#N)(C#N)[C@H](c3ccc(OC)c4ccccc34)[C@H]2C1. The molecule has 6 heteroatoms. The number of fused-ring (bicyclic) bond motifs is 2. The summed E-state index contributed by atoms with van der Waals surface area (Å²) in [5.74, 6) is -0.891. The van der Waals surface area contributed by atoms with Gasteiger partial charge in [0.1, 0.15) is 11.7 Å². The molecule has 0 spiro atoms. The molecule has 2 aromatic rings. The number of nitriles is 3. The maximum Gasteiger partial charge on any atom is 0.189 e. The molecule has 1 aliphatic heterocycles. The molecule has 0 aromatic heterocycles. The Morgan fingerprint density at radius 2 is 1.84 bits per heavy atom. The summed E-state index contributed by atoms with van der Waals surface area (Å²) in [6.45, 7) is 4.25. The highest BCUT2D eigenvalue weighted by Crippen LogP contribution is 2.54. The highest BCUT2D eigenvalue weighted by Gasteiger charge is 2.58. The van der Waals surface area contributed by atoms with E-state index in [-0.39, 0.29) is 11.6 Å². The van der Waals surface area contributed by atoms with Crippen LogP contribution >= 0.6 is 0 Å². The van der Waals surface area contributed by atoms with Gasteiger partial charge in [-0.3, -0.25) is 4.90 Å². The lowest BCUT2D eigenvalue weighted by Crippen LogP contribution is -2.52. The van der Waals surface area contributed by atoms with E-state index in [4.69, 9.17) is 10.1 Å². The van der Waals surface area contributed by atoms with E-state index in [2.05, 4.69) is 30.0 Å². The van der Waals surface area contributed by atoms with Crippen LogP contribution in [0.15, 0.2) is 48.0 Å². The summed E-state index contributed by atoms with van der Waals surface area (Å²) in [5, 5.41) is 41.0. The highest BCUT2D eigenvalue weighted by molar-refractivity contribution is 6.02. The number of benzene rings is 2. The van der Waals surface area contributed by atoms with Crippen LogP contribution in [0.3, 0.4) is 0 Å². The van der Waals surface area contributed by atoms with Crippen LogP contribution in [0.25, 0.3) is 10.8 Å². The topological polar surface area (TPSA) is 108 Å². The normalized spacial score (nSPS) is 24.9. The van der Waals surface area contributed by atoms with Crippen molar-refractivity contribution in [2.45, 2.75) is 12.8 Å². The van der Waals surface area contributed by atoms with E-state index in [1.54, 1.807) is 7.11 Å². The lowest BCUT2D eigenvalue weighted by atomic mass is 9.54. The average molecular weight is 409 g/mol. The second kappa shape index (κ2) is 7.88. The van der Waals surface area contributed by atoms with Gasteiger partial charge in [-0.25, -0.2) is 0 Å². The number of nitrogens with one attached hydrogen (secondary N) is 1. The van der Waals surface area contributed by atoms with Crippen LogP contribution < -0.4 is 4.74 Å². The monoisotopic (exact) mass is 409 g/mol. The van der Waals surface area contributed by atoms with E-state index >= 15 is 0 Å². The van der Waals surface area contributed by atoms with Crippen LogP contribution in [0.1, 0.15) is 18.4 Å². The van der Waals surface area contributed by atoms with Gasteiger partial charge in [-0.2, -0.15) is 15.8 Å². The first-order valence-electron chi connectivity index (χ1n) is 10.3. The van der Waals surface area contributed by atoms with Crippen molar-refractivity contribution in [1.29, 1.82) is 21.2 Å². The zero-order chi connectivity index (χ0) is 22.2. The van der Waals surface area contributed by atoms with Gasteiger partial charge in [0, 0.05) is 30.3 Å². The predicted octanol–water partition coefficient (Wildman–Crippen LogP) is 4.02. The largest absolute Gasteiger partial charge is 0.496 e. The van der Waals surface area contributed by atoms with Crippen molar-refractivity contribution in [3.05, 3.63) is 53.6 Å². The van der Waals surface area contributed by atoms with Gasteiger partial charge in [0.05, 0.1) is 31.0 Å². The zero-order valence-electron chi connectivity index (χ0n) is 17.6. The molecule has 0 bridgehead atoms. The van der Waals surface area contributed by atoms with Crippen LogP contribution in [0.4, 0.5) is 0 Å². The third-order valence-corrected chi connectivity index (χ3v) is 6.79. The predicted molar refractivity (Wildman–Crippen MR) is 117 cm³/mol. The Bertz CT molecular complexity index is 1200.